The molecule has 7 nitrogen and oxygen atoms in total. The van der Waals surface area contributed by atoms with Crippen LogP contribution in [-0.2, 0) is 4.74 Å². The minimum Gasteiger partial charge on any atom is -0.368 e. The average Bonchev–Trinajstić information content (AvgIpc) is 2.73. The van der Waals surface area contributed by atoms with E-state index < -0.39 is 0 Å². The van der Waals surface area contributed by atoms with Gasteiger partial charge >= 0.3 is 0 Å². The van der Waals surface area contributed by atoms with Crippen molar-refractivity contribution in [3.8, 4) is 0 Å². The lowest BCUT2D eigenvalue weighted by molar-refractivity contribution is -0.0247. The molecule has 1 aliphatic heterocycles. The monoisotopic (exact) mass is 403 g/mol. The van der Waals surface area contributed by atoms with E-state index in [2.05, 4.69) is 20.3 Å². The van der Waals surface area contributed by atoms with Crippen LogP contribution in [0, 0.1) is 20.8 Å². The van der Waals surface area contributed by atoms with Crippen LogP contribution >= 0.6 is 0 Å². The van der Waals surface area contributed by atoms with E-state index in [9.17, 15) is 4.79 Å². The van der Waals surface area contributed by atoms with E-state index in [0.29, 0.717) is 31.2 Å². The maximum Gasteiger partial charge on any atom is 0.254 e. The Bertz CT molecular complexity index is 1030. The first kappa shape index (κ1) is 20.0. The molecule has 1 aliphatic rings. The zero-order valence-electron chi connectivity index (χ0n) is 17.4. The minimum absolute atomic E-state index is 0.0125. The van der Waals surface area contributed by atoms with Crippen LogP contribution < -0.4 is 5.32 Å². The van der Waals surface area contributed by atoms with E-state index in [1.165, 1.54) is 0 Å². The SMILES string of the molecule is Cc1cc(Nc2nc(C)cc(C)n2)cc([C@H]2CN(C(=O)c3ccccc3)CCO2)n1. The highest BCUT2D eigenvalue weighted by Gasteiger charge is 2.27. The second kappa shape index (κ2) is 8.59. The summed E-state index contributed by atoms with van der Waals surface area (Å²) in [5.41, 5.74) is 4.98. The summed E-state index contributed by atoms with van der Waals surface area (Å²) in [5, 5.41) is 3.27. The Hall–Kier alpha value is -3.32. The number of rotatable bonds is 4. The fourth-order valence-electron chi connectivity index (χ4n) is 3.62. The van der Waals surface area contributed by atoms with Crippen molar-refractivity contribution < 1.29 is 9.53 Å². The van der Waals surface area contributed by atoms with Crippen LogP contribution in [0.15, 0.2) is 48.5 Å². The number of aromatic nitrogens is 3. The van der Waals surface area contributed by atoms with Crippen molar-refractivity contribution in [3.63, 3.8) is 0 Å². The summed E-state index contributed by atoms with van der Waals surface area (Å²) in [6.45, 7) is 7.32. The van der Waals surface area contributed by atoms with Crippen molar-refractivity contribution >= 4 is 17.5 Å². The van der Waals surface area contributed by atoms with Crippen molar-refractivity contribution in [2.75, 3.05) is 25.0 Å². The van der Waals surface area contributed by atoms with E-state index in [1.54, 1.807) is 0 Å². The van der Waals surface area contributed by atoms with Crippen LogP contribution in [-0.4, -0.2) is 45.5 Å². The molecule has 3 aromatic rings. The van der Waals surface area contributed by atoms with Gasteiger partial charge in [0.1, 0.15) is 6.10 Å². The summed E-state index contributed by atoms with van der Waals surface area (Å²) < 4.78 is 5.96. The normalized spacial score (nSPS) is 16.4. The van der Waals surface area contributed by atoms with Crippen LogP contribution in [0.25, 0.3) is 0 Å². The van der Waals surface area contributed by atoms with Gasteiger partial charge < -0.3 is 15.0 Å². The maximum absolute atomic E-state index is 12.8. The molecule has 3 heterocycles. The summed E-state index contributed by atoms with van der Waals surface area (Å²) in [6, 6.07) is 15.1. The van der Waals surface area contributed by atoms with E-state index >= 15 is 0 Å². The Kier molecular flexibility index (Phi) is 5.72. The lowest BCUT2D eigenvalue weighted by Gasteiger charge is -2.33. The van der Waals surface area contributed by atoms with E-state index in [4.69, 9.17) is 4.74 Å². The molecule has 0 spiro atoms. The fraction of sp³-hybridized carbons (Fsp3) is 0.304. The third-order valence-electron chi connectivity index (χ3n) is 4.92. The topological polar surface area (TPSA) is 80.2 Å². The van der Waals surface area contributed by atoms with Gasteiger partial charge in [0.2, 0.25) is 5.95 Å². The summed E-state index contributed by atoms with van der Waals surface area (Å²) in [6.07, 6.45) is -0.285. The number of hydrogen-bond donors (Lipinski definition) is 1. The van der Waals surface area contributed by atoms with Crippen LogP contribution in [0.4, 0.5) is 11.6 Å². The van der Waals surface area contributed by atoms with Crippen molar-refractivity contribution in [1.82, 2.24) is 19.9 Å². The van der Waals surface area contributed by atoms with Crippen LogP contribution in [0.3, 0.4) is 0 Å². The van der Waals surface area contributed by atoms with Gasteiger partial charge in [0.15, 0.2) is 0 Å². The van der Waals surface area contributed by atoms with Gasteiger partial charge in [-0.15, -0.1) is 0 Å². The Morgan fingerprint density at radius 3 is 2.43 bits per heavy atom. The fourth-order valence-corrected chi connectivity index (χ4v) is 3.62. The Morgan fingerprint density at radius 1 is 1.00 bits per heavy atom. The number of hydrogen-bond acceptors (Lipinski definition) is 6. The Balaban J connectivity index is 1.54. The smallest absolute Gasteiger partial charge is 0.254 e. The van der Waals surface area contributed by atoms with Crippen LogP contribution in [0.2, 0.25) is 0 Å². The van der Waals surface area contributed by atoms with Crippen molar-refractivity contribution in [3.05, 3.63) is 76.9 Å². The van der Waals surface area contributed by atoms with Gasteiger partial charge in [-0.25, -0.2) is 9.97 Å². The van der Waals surface area contributed by atoms with Crippen LogP contribution in [0.5, 0.6) is 0 Å². The summed E-state index contributed by atoms with van der Waals surface area (Å²) in [7, 11) is 0. The number of anilines is 2. The van der Waals surface area contributed by atoms with Gasteiger partial charge in [0.25, 0.3) is 5.91 Å². The first-order valence-electron chi connectivity index (χ1n) is 10.0. The van der Waals surface area contributed by atoms with Gasteiger partial charge in [-0.1, -0.05) is 18.2 Å². The molecular formula is C23H25N5O2. The van der Waals surface area contributed by atoms with E-state index in [-0.39, 0.29) is 12.0 Å². The molecular weight excluding hydrogens is 378 g/mol. The predicted octanol–water partition coefficient (Wildman–Crippen LogP) is 3.75. The molecule has 0 radical (unpaired) electrons. The number of pyridine rings is 1. The van der Waals surface area contributed by atoms with Crippen molar-refractivity contribution in [1.29, 1.82) is 0 Å². The molecule has 1 N–H and O–H groups in total. The van der Waals surface area contributed by atoms with Crippen molar-refractivity contribution in [2.24, 2.45) is 0 Å². The van der Waals surface area contributed by atoms with Gasteiger partial charge in [0, 0.05) is 34.9 Å². The largest absolute Gasteiger partial charge is 0.368 e. The maximum atomic E-state index is 12.8. The van der Waals surface area contributed by atoms with E-state index in [0.717, 1.165) is 28.5 Å². The molecule has 1 fully saturated rings. The molecule has 1 atom stereocenters. The van der Waals surface area contributed by atoms with Gasteiger partial charge in [-0.05, 0) is 51.1 Å². The molecule has 1 aromatic carbocycles. The highest BCUT2D eigenvalue weighted by atomic mass is 16.5. The molecule has 2 aromatic heterocycles. The number of benzene rings is 1. The predicted molar refractivity (Wildman–Crippen MR) is 115 cm³/mol. The third kappa shape index (κ3) is 4.63. The first-order valence-corrected chi connectivity index (χ1v) is 10.0. The average molecular weight is 403 g/mol. The Morgan fingerprint density at radius 2 is 1.70 bits per heavy atom. The van der Waals surface area contributed by atoms with Crippen LogP contribution in [0.1, 0.15) is 39.2 Å². The quantitative estimate of drug-likeness (QED) is 0.715. The number of ether oxygens (including phenoxy) is 1. The molecule has 0 saturated carbocycles. The molecule has 0 aliphatic carbocycles. The number of carbonyl (C=O) groups is 1. The second-order valence-electron chi connectivity index (χ2n) is 7.50. The number of aryl methyl sites for hydroxylation is 3. The number of morpholine rings is 1. The third-order valence-corrected chi connectivity index (χ3v) is 4.92. The zero-order chi connectivity index (χ0) is 21.1. The number of nitrogens with one attached hydrogen (secondary N) is 1. The molecule has 30 heavy (non-hydrogen) atoms. The molecule has 4 rings (SSSR count). The van der Waals surface area contributed by atoms with Gasteiger partial charge in [-0.2, -0.15) is 0 Å². The minimum atomic E-state index is -0.285. The summed E-state index contributed by atoms with van der Waals surface area (Å²) in [4.78, 5) is 28.2. The number of amides is 1. The lowest BCUT2D eigenvalue weighted by atomic mass is 10.1. The second-order valence-corrected chi connectivity index (χ2v) is 7.50. The standard InChI is InChI=1S/C23H25N5O2/c1-15-11-16(2)26-23(25-15)27-19-12-17(3)24-20(13-19)21-14-28(9-10-30-21)22(29)18-7-5-4-6-8-18/h4-8,11-13,21H,9-10,14H2,1-3H3,(H,24,25,26,27)/t21-/m1/s1. The summed E-state index contributed by atoms with van der Waals surface area (Å²) in [5.74, 6) is 0.563. The van der Waals surface area contributed by atoms with Gasteiger partial charge in [0.05, 0.1) is 18.8 Å². The Labute approximate surface area is 176 Å². The zero-order valence-corrected chi connectivity index (χ0v) is 17.4. The molecule has 7 heteroatoms. The molecule has 0 bridgehead atoms. The first-order chi connectivity index (χ1) is 14.5. The number of nitrogens with zero attached hydrogens (tertiary/aromatic N) is 4. The lowest BCUT2D eigenvalue weighted by Crippen LogP contribution is -2.42. The van der Waals surface area contributed by atoms with Gasteiger partial charge in [-0.3, -0.25) is 9.78 Å². The molecule has 0 unspecified atom stereocenters. The highest BCUT2D eigenvalue weighted by Crippen LogP contribution is 2.26. The number of carbonyl (C=O) groups excluding carboxylic acids is 1. The summed E-state index contributed by atoms with van der Waals surface area (Å²) >= 11 is 0. The molecule has 154 valence electrons. The van der Waals surface area contributed by atoms with E-state index in [1.807, 2.05) is 74.2 Å². The molecule has 1 amide bonds. The molecule has 1 saturated heterocycles. The highest BCUT2D eigenvalue weighted by molar-refractivity contribution is 5.94. The van der Waals surface area contributed by atoms with Crippen molar-refractivity contribution in [2.45, 2.75) is 26.9 Å².